The summed E-state index contributed by atoms with van der Waals surface area (Å²) in [6.07, 6.45) is -0.826. The molecule has 114 valence electrons. The van der Waals surface area contributed by atoms with E-state index < -0.39 is 18.0 Å². The minimum Gasteiger partial charge on any atom is -0.481 e. The summed E-state index contributed by atoms with van der Waals surface area (Å²) in [4.78, 5) is 23.4. The number of nitrogens with one attached hydrogen (secondary N) is 2. The maximum Gasteiger partial charge on any atom is 0.321 e. The highest BCUT2D eigenvalue weighted by Crippen LogP contribution is 2.21. The maximum atomic E-state index is 11.8. The van der Waals surface area contributed by atoms with Crippen molar-refractivity contribution in [2.75, 3.05) is 6.54 Å². The largest absolute Gasteiger partial charge is 0.481 e. The Bertz CT molecular complexity index is 560. The van der Waals surface area contributed by atoms with Crippen LogP contribution in [0.5, 0.6) is 5.75 Å². The number of carbonyl (C=O) groups is 2. The van der Waals surface area contributed by atoms with Gasteiger partial charge in [-0.1, -0.05) is 24.4 Å². The van der Waals surface area contributed by atoms with Gasteiger partial charge >= 0.3 is 6.03 Å². The van der Waals surface area contributed by atoms with Gasteiger partial charge in [-0.2, -0.15) is 0 Å². The molecule has 1 aromatic carbocycles. The van der Waals surface area contributed by atoms with Gasteiger partial charge in [0.1, 0.15) is 10.7 Å². The van der Waals surface area contributed by atoms with Crippen LogP contribution in [0.4, 0.5) is 4.79 Å². The van der Waals surface area contributed by atoms with Gasteiger partial charge in [0.05, 0.1) is 0 Å². The number of amides is 3. The molecule has 7 heteroatoms. The highest BCUT2D eigenvalue weighted by atomic mass is 32.1. The zero-order valence-corrected chi connectivity index (χ0v) is 13.0. The number of hydrogen-bond acceptors (Lipinski definition) is 4. The number of aryl methyl sites for hydroxylation is 1. The number of urea groups is 1. The van der Waals surface area contributed by atoms with E-state index >= 15 is 0 Å². The molecule has 0 aromatic heterocycles. The predicted molar refractivity (Wildman–Crippen MR) is 84.4 cm³/mol. The van der Waals surface area contributed by atoms with E-state index in [1.807, 2.05) is 6.92 Å². The molecule has 1 aromatic rings. The van der Waals surface area contributed by atoms with Crippen molar-refractivity contribution < 1.29 is 14.3 Å². The Balaban J connectivity index is 2.76. The van der Waals surface area contributed by atoms with E-state index in [4.69, 9.17) is 22.7 Å². The number of rotatable bonds is 5. The lowest BCUT2D eigenvalue weighted by Crippen LogP contribution is -2.45. The molecule has 0 saturated carbocycles. The molecular weight excluding hydrogens is 290 g/mol. The first-order valence-corrected chi connectivity index (χ1v) is 6.91. The van der Waals surface area contributed by atoms with E-state index in [1.54, 1.807) is 32.0 Å². The second kappa shape index (κ2) is 7.58. The van der Waals surface area contributed by atoms with Crippen LogP contribution < -0.4 is 21.1 Å². The topological polar surface area (TPSA) is 93.5 Å². The summed E-state index contributed by atoms with van der Waals surface area (Å²) in [7, 11) is 0. The first kappa shape index (κ1) is 16.9. The Kier molecular flexibility index (Phi) is 6.10. The predicted octanol–water partition coefficient (Wildman–Crippen LogP) is 1.24. The number of nitrogens with two attached hydrogens (primary N) is 1. The molecule has 6 nitrogen and oxygen atoms in total. The van der Waals surface area contributed by atoms with Crippen LogP contribution in [-0.4, -0.2) is 29.6 Å². The fourth-order valence-corrected chi connectivity index (χ4v) is 1.67. The molecule has 1 rings (SSSR count). The number of thiocarbonyl (C=S) groups is 1. The van der Waals surface area contributed by atoms with Gasteiger partial charge in [-0.05, 0) is 32.4 Å². The van der Waals surface area contributed by atoms with Crippen molar-refractivity contribution in [3.63, 3.8) is 0 Å². The second-order valence-electron chi connectivity index (χ2n) is 4.45. The molecule has 0 radical (unpaired) electrons. The van der Waals surface area contributed by atoms with Crippen molar-refractivity contribution >= 4 is 29.1 Å². The second-order valence-corrected chi connectivity index (χ2v) is 4.89. The third-order valence-electron chi connectivity index (χ3n) is 2.72. The highest BCUT2D eigenvalue weighted by molar-refractivity contribution is 7.80. The zero-order valence-electron chi connectivity index (χ0n) is 12.2. The summed E-state index contributed by atoms with van der Waals surface area (Å²) in [6.45, 7) is 5.59. The normalized spacial score (nSPS) is 11.4. The van der Waals surface area contributed by atoms with Gasteiger partial charge in [-0.25, -0.2) is 4.79 Å². The smallest absolute Gasteiger partial charge is 0.321 e. The summed E-state index contributed by atoms with van der Waals surface area (Å²) in [5.41, 5.74) is 7.06. The van der Waals surface area contributed by atoms with Crippen LogP contribution in [-0.2, 0) is 4.79 Å². The molecule has 0 aliphatic rings. The van der Waals surface area contributed by atoms with Crippen molar-refractivity contribution in [1.82, 2.24) is 10.6 Å². The number of imide groups is 1. The lowest BCUT2D eigenvalue weighted by molar-refractivity contribution is -0.126. The van der Waals surface area contributed by atoms with Crippen LogP contribution in [0.2, 0.25) is 0 Å². The fraction of sp³-hybridized carbons (Fsp3) is 0.357. The van der Waals surface area contributed by atoms with Crippen LogP contribution >= 0.6 is 12.2 Å². The molecule has 1 unspecified atom stereocenters. The van der Waals surface area contributed by atoms with E-state index in [9.17, 15) is 9.59 Å². The molecule has 0 heterocycles. The van der Waals surface area contributed by atoms with Gasteiger partial charge < -0.3 is 15.8 Å². The van der Waals surface area contributed by atoms with Crippen LogP contribution in [0, 0.1) is 6.92 Å². The standard InChI is InChI=1S/C14H19N3O3S/c1-4-16-14(19)17-13(18)9(3)20-11-7-10(12(15)21)6-5-8(11)2/h5-7,9H,4H2,1-3H3,(H2,15,21)(H2,16,17,18,19). The van der Waals surface area contributed by atoms with Crippen LogP contribution in [0.15, 0.2) is 18.2 Å². The molecule has 0 bridgehead atoms. The minimum absolute atomic E-state index is 0.249. The molecule has 21 heavy (non-hydrogen) atoms. The van der Waals surface area contributed by atoms with Gasteiger partial charge in [0.2, 0.25) is 0 Å². The third kappa shape index (κ3) is 5.03. The number of benzene rings is 1. The summed E-state index contributed by atoms with van der Waals surface area (Å²) < 4.78 is 5.57. The fourth-order valence-electron chi connectivity index (χ4n) is 1.54. The Morgan fingerprint density at radius 1 is 1.43 bits per heavy atom. The van der Waals surface area contributed by atoms with Crippen LogP contribution in [0.25, 0.3) is 0 Å². The Hall–Kier alpha value is -2.15. The highest BCUT2D eigenvalue weighted by Gasteiger charge is 2.18. The molecule has 0 aliphatic carbocycles. The SMILES string of the molecule is CCNC(=O)NC(=O)C(C)Oc1cc(C(N)=S)ccc1C. The average Bonchev–Trinajstić information content (AvgIpc) is 2.40. The van der Waals surface area contributed by atoms with Crippen molar-refractivity contribution in [2.45, 2.75) is 26.9 Å². The molecular formula is C14H19N3O3S. The summed E-state index contributed by atoms with van der Waals surface area (Å²) >= 11 is 4.91. The molecule has 3 amide bonds. The van der Waals surface area contributed by atoms with Gasteiger partial charge in [-0.15, -0.1) is 0 Å². The number of hydrogen-bond donors (Lipinski definition) is 3. The zero-order chi connectivity index (χ0) is 16.0. The Morgan fingerprint density at radius 3 is 2.67 bits per heavy atom. The van der Waals surface area contributed by atoms with E-state index in [0.29, 0.717) is 17.9 Å². The average molecular weight is 309 g/mol. The molecule has 0 saturated heterocycles. The first-order chi connectivity index (χ1) is 9.85. The van der Waals surface area contributed by atoms with Gasteiger partial charge in [0, 0.05) is 12.1 Å². The van der Waals surface area contributed by atoms with Crippen molar-refractivity contribution in [2.24, 2.45) is 5.73 Å². The monoisotopic (exact) mass is 309 g/mol. The van der Waals surface area contributed by atoms with E-state index in [2.05, 4.69) is 10.6 Å². The number of ether oxygens (including phenoxy) is 1. The van der Waals surface area contributed by atoms with E-state index in [1.165, 1.54) is 0 Å². The summed E-state index contributed by atoms with van der Waals surface area (Å²) in [6, 6.07) is 4.71. The van der Waals surface area contributed by atoms with Crippen molar-refractivity contribution in [3.05, 3.63) is 29.3 Å². The van der Waals surface area contributed by atoms with E-state index in [-0.39, 0.29) is 4.99 Å². The Morgan fingerprint density at radius 2 is 2.10 bits per heavy atom. The van der Waals surface area contributed by atoms with Crippen molar-refractivity contribution in [3.8, 4) is 5.75 Å². The molecule has 0 spiro atoms. The van der Waals surface area contributed by atoms with Crippen LogP contribution in [0.1, 0.15) is 25.0 Å². The summed E-state index contributed by atoms with van der Waals surface area (Å²) in [5.74, 6) is -0.0278. The maximum absolute atomic E-state index is 11.8. The van der Waals surface area contributed by atoms with Crippen molar-refractivity contribution in [1.29, 1.82) is 0 Å². The van der Waals surface area contributed by atoms with E-state index in [0.717, 1.165) is 5.56 Å². The lowest BCUT2D eigenvalue weighted by Gasteiger charge is -2.16. The quantitative estimate of drug-likeness (QED) is 0.712. The lowest BCUT2D eigenvalue weighted by atomic mass is 10.1. The first-order valence-electron chi connectivity index (χ1n) is 6.51. The minimum atomic E-state index is -0.826. The van der Waals surface area contributed by atoms with Gasteiger partial charge in [0.25, 0.3) is 5.91 Å². The summed E-state index contributed by atoms with van der Waals surface area (Å²) in [5, 5.41) is 4.66. The van der Waals surface area contributed by atoms with Gasteiger partial charge in [-0.3, -0.25) is 10.1 Å². The molecule has 1 atom stereocenters. The molecule has 4 N–H and O–H groups in total. The third-order valence-corrected chi connectivity index (χ3v) is 2.96. The Labute approximate surface area is 129 Å². The molecule has 0 fully saturated rings. The molecule has 0 aliphatic heterocycles. The van der Waals surface area contributed by atoms with Gasteiger partial charge in [0.15, 0.2) is 6.10 Å². The van der Waals surface area contributed by atoms with Crippen LogP contribution in [0.3, 0.4) is 0 Å². The number of carbonyl (C=O) groups excluding carboxylic acids is 2.